The second-order valence-electron chi connectivity index (χ2n) is 4.25. The summed E-state index contributed by atoms with van der Waals surface area (Å²) in [4.78, 5) is 14.9. The van der Waals surface area contributed by atoms with Gasteiger partial charge >= 0.3 is 0 Å². The van der Waals surface area contributed by atoms with E-state index in [1.54, 1.807) is 20.3 Å². The quantitative estimate of drug-likeness (QED) is 0.716. The molecule has 1 aromatic heterocycles. The number of fused-ring (bicyclic) bond motifs is 3. The van der Waals surface area contributed by atoms with Gasteiger partial charge in [0.05, 0.1) is 19.7 Å². The van der Waals surface area contributed by atoms with Gasteiger partial charge in [0.25, 0.3) is 5.56 Å². The number of rotatable bonds is 2. The molecule has 3 rings (SSSR count). The Balaban J connectivity index is 2.51. The normalized spacial score (nSPS) is 10.8. The molecular formula is C15H13NO3. The molecule has 0 amide bonds. The van der Waals surface area contributed by atoms with Crippen LogP contribution in [0.4, 0.5) is 0 Å². The predicted molar refractivity (Wildman–Crippen MR) is 75.2 cm³/mol. The lowest BCUT2D eigenvalue weighted by Crippen LogP contribution is -2.06. The van der Waals surface area contributed by atoms with Crippen LogP contribution in [0.25, 0.3) is 21.7 Å². The molecule has 0 saturated carbocycles. The standard InChI is InChI=1S/C15H13NO3/c1-18-13-7-11-9-5-3-4-6-10(9)15(17)16-12(11)8-14(13)19-2/h3-8H,1-2H3,(H,16,17). The Hall–Kier alpha value is -2.49. The zero-order valence-corrected chi connectivity index (χ0v) is 10.7. The summed E-state index contributed by atoms with van der Waals surface area (Å²) in [6, 6.07) is 11.2. The van der Waals surface area contributed by atoms with Crippen molar-refractivity contribution in [2.45, 2.75) is 0 Å². The van der Waals surface area contributed by atoms with Crippen LogP contribution in [-0.4, -0.2) is 19.2 Å². The largest absolute Gasteiger partial charge is 0.493 e. The number of nitrogens with one attached hydrogen (secondary N) is 1. The summed E-state index contributed by atoms with van der Waals surface area (Å²) in [5.74, 6) is 1.24. The van der Waals surface area contributed by atoms with Crippen molar-refractivity contribution in [1.82, 2.24) is 4.98 Å². The van der Waals surface area contributed by atoms with E-state index in [1.165, 1.54) is 0 Å². The summed E-state index contributed by atoms with van der Waals surface area (Å²) >= 11 is 0. The molecule has 0 bridgehead atoms. The third kappa shape index (κ3) is 1.73. The summed E-state index contributed by atoms with van der Waals surface area (Å²) in [5.41, 5.74) is 0.636. The molecule has 2 aromatic carbocycles. The number of aromatic amines is 1. The fourth-order valence-corrected chi connectivity index (χ4v) is 2.31. The summed E-state index contributed by atoms with van der Waals surface area (Å²) in [6.07, 6.45) is 0. The lowest BCUT2D eigenvalue weighted by molar-refractivity contribution is 0.356. The van der Waals surface area contributed by atoms with Crippen LogP contribution in [0.2, 0.25) is 0 Å². The molecule has 0 unspecified atom stereocenters. The predicted octanol–water partition coefficient (Wildman–Crippen LogP) is 2.70. The van der Waals surface area contributed by atoms with E-state index < -0.39 is 0 Å². The average molecular weight is 255 g/mol. The molecule has 96 valence electrons. The van der Waals surface area contributed by atoms with Crippen LogP contribution in [0.5, 0.6) is 11.5 Å². The van der Waals surface area contributed by atoms with Crippen LogP contribution in [0, 0.1) is 0 Å². The summed E-state index contributed by atoms with van der Waals surface area (Å²) in [7, 11) is 3.17. The lowest BCUT2D eigenvalue weighted by Gasteiger charge is -2.10. The highest BCUT2D eigenvalue weighted by molar-refractivity contribution is 6.06. The van der Waals surface area contributed by atoms with E-state index >= 15 is 0 Å². The first-order chi connectivity index (χ1) is 9.24. The van der Waals surface area contributed by atoms with Crippen LogP contribution in [0.15, 0.2) is 41.2 Å². The molecule has 0 aliphatic rings. The second-order valence-corrected chi connectivity index (χ2v) is 4.25. The van der Waals surface area contributed by atoms with Crippen LogP contribution in [0.3, 0.4) is 0 Å². The van der Waals surface area contributed by atoms with Crippen molar-refractivity contribution < 1.29 is 9.47 Å². The molecule has 0 fully saturated rings. The molecule has 1 N–H and O–H groups in total. The van der Waals surface area contributed by atoms with E-state index in [0.29, 0.717) is 16.9 Å². The Morgan fingerprint density at radius 1 is 0.895 bits per heavy atom. The highest BCUT2D eigenvalue weighted by Gasteiger charge is 2.10. The zero-order chi connectivity index (χ0) is 13.4. The number of aromatic nitrogens is 1. The molecule has 0 atom stereocenters. The Morgan fingerprint density at radius 2 is 1.53 bits per heavy atom. The van der Waals surface area contributed by atoms with E-state index in [9.17, 15) is 4.79 Å². The summed E-state index contributed by atoms with van der Waals surface area (Å²) in [5, 5.41) is 2.51. The van der Waals surface area contributed by atoms with E-state index in [1.807, 2.05) is 30.3 Å². The smallest absolute Gasteiger partial charge is 0.256 e. The van der Waals surface area contributed by atoms with Crippen molar-refractivity contribution in [3.8, 4) is 11.5 Å². The molecule has 19 heavy (non-hydrogen) atoms. The van der Waals surface area contributed by atoms with Gasteiger partial charge in [-0.15, -0.1) is 0 Å². The number of methoxy groups -OCH3 is 2. The molecule has 1 heterocycles. The van der Waals surface area contributed by atoms with Gasteiger partial charge in [0.1, 0.15) is 0 Å². The second kappa shape index (κ2) is 4.31. The molecule has 4 nitrogen and oxygen atoms in total. The maximum Gasteiger partial charge on any atom is 0.256 e. The lowest BCUT2D eigenvalue weighted by atomic mass is 10.1. The van der Waals surface area contributed by atoms with Crippen molar-refractivity contribution in [3.05, 3.63) is 46.8 Å². The SMILES string of the molecule is COc1cc2[nH]c(=O)c3ccccc3c2cc1OC. The number of benzene rings is 2. The maximum atomic E-state index is 12.0. The van der Waals surface area contributed by atoms with Crippen LogP contribution >= 0.6 is 0 Å². The topological polar surface area (TPSA) is 51.3 Å². The van der Waals surface area contributed by atoms with Crippen molar-refractivity contribution in [3.63, 3.8) is 0 Å². The van der Waals surface area contributed by atoms with Crippen molar-refractivity contribution >= 4 is 21.7 Å². The third-order valence-corrected chi connectivity index (χ3v) is 3.23. The first kappa shape index (κ1) is 11.6. The first-order valence-electron chi connectivity index (χ1n) is 5.91. The van der Waals surface area contributed by atoms with Crippen molar-refractivity contribution in [1.29, 1.82) is 0 Å². The highest BCUT2D eigenvalue weighted by atomic mass is 16.5. The van der Waals surface area contributed by atoms with Gasteiger partial charge in [-0.25, -0.2) is 0 Å². The molecule has 0 saturated heterocycles. The summed E-state index contributed by atoms with van der Waals surface area (Å²) < 4.78 is 10.6. The summed E-state index contributed by atoms with van der Waals surface area (Å²) in [6.45, 7) is 0. The maximum absolute atomic E-state index is 12.0. The molecule has 0 spiro atoms. The van der Waals surface area contributed by atoms with E-state index in [2.05, 4.69) is 4.98 Å². The Labute approximate surface area is 109 Å². The van der Waals surface area contributed by atoms with E-state index in [-0.39, 0.29) is 5.56 Å². The van der Waals surface area contributed by atoms with Crippen LogP contribution < -0.4 is 15.0 Å². The van der Waals surface area contributed by atoms with Gasteiger partial charge in [0.2, 0.25) is 0 Å². The minimum atomic E-state index is -0.102. The van der Waals surface area contributed by atoms with Gasteiger partial charge in [-0.2, -0.15) is 0 Å². The Kier molecular flexibility index (Phi) is 2.63. The first-order valence-corrected chi connectivity index (χ1v) is 5.91. The van der Waals surface area contributed by atoms with E-state index in [0.717, 1.165) is 16.3 Å². The molecular weight excluding hydrogens is 242 g/mol. The number of H-pyrrole nitrogens is 1. The Bertz CT molecular complexity index is 821. The van der Waals surface area contributed by atoms with Crippen LogP contribution in [0.1, 0.15) is 0 Å². The molecule has 0 aliphatic carbocycles. The van der Waals surface area contributed by atoms with Crippen molar-refractivity contribution in [2.24, 2.45) is 0 Å². The Morgan fingerprint density at radius 3 is 2.21 bits per heavy atom. The minimum absolute atomic E-state index is 0.102. The molecule has 0 aliphatic heterocycles. The number of ether oxygens (including phenoxy) is 2. The van der Waals surface area contributed by atoms with Crippen LogP contribution in [-0.2, 0) is 0 Å². The fourth-order valence-electron chi connectivity index (χ4n) is 2.31. The van der Waals surface area contributed by atoms with Crippen molar-refractivity contribution in [2.75, 3.05) is 14.2 Å². The van der Waals surface area contributed by atoms with Gasteiger partial charge in [-0.05, 0) is 17.5 Å². The average Bonchev–Trinajstić information content (AvgIpc) is 2.46. The van der Waals surface area contributed by atoms with Gasteiger partial charge in [-0.3, -0.25) is 4.79 Å². The zero-order valence-electron chi connectivity index (χ0n) is 10.7. The number of hydrogen-bond acceptors (Lipinski definition) is 3. The fraction of sp³-hybridized carbons (Fsp3) is 0.133. The van der Waals surface area contributed by atoms with E-state index in [4.69, 9.17) is 9.47 Å². The number of hydrogen-bond donors (Lipinski definition) is 1. The molecule has 4 heteroatoms. The van der Waals surface area contributed by atoms with Gasteiger partial charge in [-0.1, -0.05) is 18.2 Å². The van der Waals surface area contributed by atoms with Gasteiger partial charge < -0.3 is 14.5 Å². The molecule has 0 radical (unpaired) electrons. The highest BCUT2D eigenvalue weighted by Crippen LogP contribution is 2.33. The van der Waals surface area contributed by atoms with Gasteiger partial charge in [0.15, 0.2) is 11.5 Å². The molecule has 3 aromatic rings. The monoisotopic (exact) mass is 255 g/mol. The number of pyridine rings is 1. The third-order valence-electron chi connectivity index (χ3n) is 3.23. The minimum Gasteiger partial charge on any atom is -0.493 e. The van der Waals surface area contributed by atoms with Gasteiger partial charge in [0, 0.05) is 16.8 Å².